The van der Waals surface area contributed by atoms with Crippen molar-refractivity contribution >= 4 is 29.6 Å². The van der Waals surface area contributed by atoms with Crippen LogP contribution in [0, 0.1) is 5.92 Å². The minimum Gasteiger partial charge on any atom is -0.443 e. The molecule has 3 rings (SSSR count). The molecule has 4 unspecified atom stereocenters. The van der Waals surface area contributed by atoms with E-state index in [2.05, 4.69) is 59.0 Å². The van der Waals surface area contributed by atoms with Crippen molar-refractivity contribution in [3.05, 3.63) is 11.6 Å². The van der Waals surface area contributed by atoms with E-state index < -0.39 is 29.6 Å². The van der Waals surface area contributed by atoms with Gasteiger partial charge >= 0.3 is 6.09 Å². The molecule has 1 saturated carbocycles. The molecule has 0 aromatic heterocycles. The van der Waals surface area contributed by atoms with E-state index in [4.69, 9.17) is 28.4 Å². The number of carbonyl (C=O) groups excluding carboxylic acids is 5. The van der Waals surface area contributed by atoms with Crippen molar-refractivity contribution in [2.45, 2.75) is 76.5 Å². The Bertz CT molecular complexity index is 1160. The van der Waals surface area contributed by atoms with E-state index >= 15 is 0 Å². The molecule has 2 heterocycles. The monoisotopic (exact) mass is 698 g/mol. The van der Waals surface area contributed by atoms with Crippen LogP contribution in [0.2, 0.25) is 0 Å². The van der Waals surface area contributed by atoms with Gasteiger partial charge in [-0.1, -0.05) is 11.6 Å². The second kappa shape index (κ2) is 19.9. The van der Waals surface area contributed by atoms with Crippen LogP contribution in [0.5, 0.6) is 0 Å². The van der Waals surface area contributed by atoms with Crippen molar-refractivity contribution in [3.63, 3.8) is 0 Å². The van der Waals surface area contributed by atoms with Crippen molar-refractivity contribution in [1.82, 2.24) is 32.1 Å². The van der Waals surface area contributed by atoms with E-state index in [1.54, 1.807) is 7.11 Å². The van der Waals surface area contributed by atoms with Crippen LogP contribution in [-0.2, 0) is 47.6 Å². The molecule has 0 aromatic rings. The molecular formula is C32H54N6O11. The second-order valence-electron chi connectivity index (χ2n) is 12.8. The number of alkyl carbamates (subject to hydrolysis) is 1. The number of hydrogen-bond donors (Lipinski definition) is 6. The molecule has 2 saturated heterocycles. The highest BCUT2D eigenvalue weighted by molar-refractivity contribution is 5.86. The zero-order valence-corrected chi connectivity index (χ0v) is 29.3. The Kier molecular flexibility index (Phi) is 16.3. The van der Waals surface area contributed by atoms with Crippen LogP contribution in [0.15, 0.2) is 11.6 Å². The van der Waals surface area contributed by atoms with E-state index in [-0.39, 0.29) is 87.9 Å². The van der Waals surface area contributed by atoms with Crippen LogP contribution in [-0.4, -0.2) is 139 Å². The maximum absolute atomic E-state index is 12.6. The Labute approximate surface area is 287 Å². The number of methoxy groups -OCH3 is 1. The van der Waals surface area contributed by atoms with Gasteiger partial charge in [0.25, 0.3) is 0 Å². The van der Waals surface area contributed by atoms with Gasteiger partial charge in [0.15, 0.2) is 0 Å². The third kappa shape index (κ3) is 13.6. The molecule has 6 N–H and O–H groups in total. The number of ether oxygens (including phenoxy) is 6. The normalized spacial score (nSPS) is 26.7. The predicted octanol–water partition coefficient (Wildman–Crippen LogP) is -1.15. The summed E-state index contributed by atoms with van der Waals surface area (Å²) in [5.74, 6) is -1.46. The number of epoxide rings is 2. The summed E-state index contributed by atoms with van der Waals surface area (Å²) in [7, 11) is 1.64. The van der Waals surface area contributed by atoms with Crippen LogP contribution in [0.4, 0.5) is 4.79 Å². The van der Waals surface area contributed by atoms with Gasteiger partial charge in [-0.05, 0) is 47.0 Å². The average molecular weight is 699 g/mol. The Balaban J connectivity index is 1.17. The van der Waals surface area contributed by atoms with Crippen molar-refractivity contribution in [3.8, 4) is 0 Å². The molecule has 49 heavy (non-hydrogen) atoms. The molecule has 1 aliphatic carbocycles. The maximum atomic E-state index is 12.6. The molecular weight excluding hydrogens is 644 g/mol. The summed E-state index contributed by atoms with van der Waals surface area (Å²) in [6.07, 6.45) is 3.19. The Morgan fingerprint density at radius 2 is 1.41 bits per heavy atom. The molecule has 1 spiro atoms. The minimum atomic E-state index is -0.535. The third-order valence-electron chi connectivity index (χ3n) is 8.56. The Hall–Kier alpha value is -3.19. The van der Waals surface area contributed by atoms with E-state index in [1.165, 1.54) is 12.5 Å². The van der Waals surface area contributed by atoms with Crippen LogP contribution < -0.4 is 32.1 Å². The molecule has 0 aromatic carbocycles. The summed E-state index contributed by atoms with van der Waals surface area (Å²) in [6.45, 7) is 9.31. The molecule has 3 fully saturated rings. The van der Waals surface area contributed by atoms with Gasteiger partial charge in [0.05, 0.1) is 71.2 Å². The fourth-order valence-electron chi connectivity index (χ4n) is 5.93. The van der Waals surface area contributed by atoms with Crippen molar-refractivity contribution in [2.75, 3.05) is 79.4 Å². The second-order valence-corrected chi connectivity index (χ2v) is 12.8. The lowest BCUT2D eigenvalue weighted by molar-refractivity contribution is -0.126. The van der Waals surface area contributed by atoms with E-state index in [1.807, 2.05) is 0 Å². The summed E-state index contributed by atoms with van der Waals surface area (Å²) in [6, 6.07) is 0. The molecule has 278 valence electrons. The molecule has 2 aliphatic heterocycles. The first kappa shape index (κ1) is 40.2. The van der Waals surface area contributed by atoms with Crippen LogP contribution in [0.3, 0.4) is 0 Å². The standard InChI is InChI=1S/C32H54N6O11/c1-21(2)6-7-24-31(4,49-24)29-28(44-5)23(8-9-32(29)20-47-32)48-30(43)34-11-13-46-15-14-45-12-10-33-25(40)17-36-27(42)19-38-37-18-26(41)35-16-22(3)39/h6,23-24,28-29,37-38H,7-20H2,1-5H3,(H,33,40)(H,34,43)(H,35,41)(H,36,42)/t23?,24-,28?,29?,31?,32+/m1/s1. The first-order valence-electron chi connectivity index (χ1n) is 16.7. The summed E-state index contributed by atoms with van der Waals surface area (Å²) in [4.78, 5) is 58.5. The lowest BCUT2D eigenvalue weighted by atomic mass is 9.68. The number of amides is 4. The molecule has 0 radical (unpaired) electrons. The number of Topliss-reactive ketones (excluding diaryl/α,β-unsaturated/α-hetero) is 1. The van der Waals surface area contributed by atoms with Gasteiger partial charge in [0, 0.05) is 20.2 Å². The Morgan fingerprint density at radius 1 is 0.816 bits per heavy atom. The molecule has 17 nitrogen and oxygen atoms in total. The van der Waals surface area contributed by atoms with Gasteiger partial charge in [-0.2, -0.15) is 0 Å². The molecule has 17 heteroatoms. The fraction of sp³-hybridized carbons (Fsp3) is 0.781. The number of hydrogen-bond acceptors (Lipinski definition) is 13. The summed E-state index contributed by atoms with van der Waals surface area (Å²) >= 11 is 0. The molecule has 6 atom stereocenters. The number of rotatable bonds is 23. The average Bonchev–Trinajstić information content (AvgIpc) is 3.98. The van der Waals surface area contributed by atoms with Gasteiger partial charge in [-0.3, -0.25) is 19.2 Å². The van der Waals surface area contributed by atoms with E-state index in [0.717, 1.165) is 12.8 Å². The zero-order chi connectivity index (χ0) is 35.9. The fourth-order valence-corrected chi connectivity index (χ4v) is 5.93. The van der Waals surface area contributed by atoms with Gasteiger partial charge in [-0.25, -0.2) is 15.6 Å². The SMILES string of the molecule is COC1C(OC(=O)NCCOCCOCCNC(=O)CNC(=O)CNNCC(=O)NCC(C)=O)CC[C@]2(CO2)C1C1(C)O[C@@H]1CC=C(C)C. The van der Waals surface area contributed by atoms with Crippen LogP contribution in [0.1, 0.15) is 47.0 Å². The Morgan fingerprint density at radius 3 is 1.98 bits per heavy atom. The van der Waals surface area contributed by atoms with Gasteiger partial charge in [-0.15, -0.1) is 0 Å². The van der Waals surface area contributed by atoms with Crippen LogP contribution >= 0.6 is 0 Å². The first-order chi connectivity index (χ1) is 23.4. The zero-order valence-electron chi connectivity index (χ0n) is 29.3. The first-order valence-corrected chi connectivity index (χ1v) is 16.7. The predicted molar refractivity (Wildman–Crippen MR) is 175 cm³/mol. The summed E-state index contributed by atoms with van der Waals surface area (Å²) in [5, 5.41) is 10.2. The maximum Gasteiger partial charge on any atom is 0.407 e. The lowest BCUT2D eigenvalue weighted by Crippen LogP contribution is -2.56. The number of ketones is 1. The van der Waals surface area contributed by atoms with Crippen molar-refractivity contribution in [2.24, 2.45) is 5.92 Å². The molecule has 3 aliphatic rings. The van der Waals surface area contributed by atoms with E-state index in [9.17, 15) is 24.0 Å². The van der Waals surface area contributed by atoms with Crippen LogP contribution in [0.25, 0.3) is 0 Å². The van der Waals surface area contributed by atoms with Gasteiger partial charge in [0.1, 0.15) is 29.2 Å². The molecule has 0 bridgehead atoms. The number of allylic oxidation sites excluding steroid dienone is 1. The lowest BCUT2D eigenvalue weighted by Gasteiger charge is -2.42. The van der Waals surface area contributed by atoms with Gasteiger partial charge < -0.3 is 49.7 Å². The van der Waals surface area contributed by atoms with E-state index in [0.29, 0.717) is 26.2 Å². The van der Waals surface area contributed by atoms with Crippen molar-refractivity contribution < 1.29 is 52.4 Å². The highest BCUT2D eigenvalue weighted by atomic mass is 16.6. The highest BCUT2D eigenvalue weighted by Crippen LogP contribution is 2.59. The summed E-state index contributed by atoms with van der Waals surface area (Å²) in [5.41, 5.74) is 5.64. The minimum absolute atomic E-state index is 0.0467. The largest absolute Gasteiger partial charge is 0.443 e. The number of carbonyl (C=O) groups is 5. The smallest absolute Gasteiger partial charge is 0.407 e. The van der Waals surface area contributed by atoms with Crippen molar-refractivity contribution in [1.29, 1.82) is 0 Å². The topological polar surface area (TPSA) is 220 Å². The number of nitrogens with one attached hydrogen (secondary N) is 6. The third-order valence-corrected chi connectivity index (χ3v) is 8.56. The molecule has 4 amide bonds. The summed E-state index contributed by atoms with van der Waals surface area (Å²) < 4.78 is 34.8. The quantitative estimate of drug-likeness (QED) is 0.0322. The van der Waals surface area contributed by atoms with Gasteiger partial charge in [0.2, 0.25) is 17.7 Å². The number of hydrazine groups is 1. The highest BCUT2D eigenvalue weighted by Gasteiger charge is 2.72.